The highest BCUT2D eigenvalue weighted by atomic mass is 19.4. The molecule has 2 aromatic carbocycles. The summed E-state index contributed by atoms with van der Waals surface area (Å²) in [7, 11) is 0. The number of halogens is 3. The maximum Gasteiger partial charge on any atom is 0.417 e. The Bertz CT molecular complexity index is 893. The summed E-state index contributed by atoms with van der Waals surface area (Å²) in [6.07, 6.45) is -4.14. The van der Waals surface area contributed by atoms with E-state index < -0.39 is 29.2 Å². The molecule has 0 aliphatic carbocycles. The van der Waals surface area contributed by atoms with Crippen molar-refractivity contribution in [1.29, 1.82) is 0 Å². The standard InChI is InChI=1S/C19H16F3NO4/c1-2-26-18(25)14-10-12(9-11-7-8-27-16(11)14)23-17(24)13-5-3-4-6-15(13)19(20,21)22/h3-6,9-10H,2,7-8H2,1H3,(H,23,24). The molecular weight excluding hydrogens is 363 g/mol. The molecule has 1 N–H and O–H groups in total. The van der Waals surface area contributed by atoms with Gasteiger partial charge >= 0.3 is 12.1 Å². The van der Waals surface area contributed by atoms with Gasteiger partial charge in [-0.2, -0.15) is 13.2 Å². The van der Waals surface area contributed by atoms with Crippen LogP contribution < -0.4 is 10.1 Å². The molecule has 1 heterocycles. The number of alkyl halides is 3. The van der Waals surface area contributed by atoms with Crippen LogP contribution in [0.1, 0.15) is 38.8 Å². The number of rotatable bonds is 4. The number of esters is 1. The lowest BCUT2D eigenvalue weighted by atomic mass is 10.0. The SMILES string of the molecule is CCOC(=O)c1cc(NC(=O)c2ccccc2C(F)(F)F)cc2c1OCC2. The van der Waals surface area contributed by atoms with Gasteiger partial charge in [-0.25, -0.2) is 4.79 Å². The number of hydrogen-bond acceptors (Lipinski definition) is 4. The third kappa shape index (κ3) is 3.89. The first-order valence-electron chi connectivity index (χ1n) is 8.25. The molecule has 0 saturated carbocycles. The van der Waals surface area contributed by atoms with Crippen molar-refractivity contribution < 1.29 is 32.2 Å². The Morgan fingerprint density at radius 2 is 1.93 bits per heavy atom. The summed E-state index contributed by atoms with van der Waals surface area (Å²) in [4.78, 5) is 24.6. The van der Waals surface area contributed by atoms with Gasteiger partial charge in [0, 0.05) is 17.7 Å². The van der Waals surface area contributed by atoms with Crippen LogP contribution in [0.15, 0.2) is 36.4 Å². The van der Waals surface area contributed by atoms with E-state index in [4.69, 9.17) is 9.47 Å². The highest BCUT2D eigenvalue weighted by molar-refractivity contribution is 6.06. The van der Waals surface area contributed by atoms with E-state index >= 15 is 0 Å². The average molecular weight is 379 g/mol. The lowest BCUT2D eigenvalue weighted by Crippen LogP contribution is -2.19. The van der Waals surface area contributed by atoms with Crippen molar-refractivity contribution in [3.05, 3.63) is 58.7 Å². The fourth-order valence-electron chi connectivity index (χ4n) is 2.87. The van der Waals surface area contributed by atoms with Crippen LogP contribution in [0.25, 0.3) is 0 Å². The van der Waals surface area contributed by atoms with Gasteiger partial charge in [0.15, 0.2) is 0 Å². The van der Waals surface area contributed by atoms with Crippen molar-refractivity contribution in [3.8, 4) is 5.75 Å². The second-order valence-corrected chi connectivity index (χ2v) is 5.83. The monoisotopic (exact) mass is 379 g/mol. The lowest BCUT2D eigenvalue weighted by Gasteiger charge is -2.14. The Labute approximate surface area is 153 Å². The quantitative estimate of drug-likeness (QED) is 0.814. The van der Waals surface area contributed by atoms with E-state index in [1.807, 2.05) is 0 Å². The Balaban J connectivity index is 1.94. The minimum absolute atomic E-state index is 0.131. The second kappa shape index (κ2) is 7.30. The van der Waals surface area contributed by atoms with Crippen LogP contribution in [0.5, 0.6) is 5.75 Å². The molecule has 0 saturated heterocycles. The zero-order chi connectivity index (χ0) is 19.6. The zero-order valence-corrected chi connectivity index (χ0v) is 14.4. The molecule has 1 aliphatic heterocycles. The fraction of sp³-hybridized carbons (Fsp3) is 0.263. The molecule has 0 atom stereocenters. The molecule has 0 spiro atoms. The average Bonchev–Trinajstić information content (AvgIpc) is 3.09. The number of anilines is 1. The van der Waals surface area contributed by atoms with Crippen LogP contribution in [0.4, 0.5) is 18.9 Å². The molecule has 8 heteroatoms. The molecule has 142 valence electrons. The third-order valence-corrected chi connectivity index (χ3v) is 4.01. The molecule has 2 aromatic rings. The Morgan fingerprint density at radius 1 is 1.19 bits per heavy atom. The number of amides is 1. The van der Waals surface area contributed by atoms with Gasteiger partial charge in [0.2, 0.25) is 0 Å². The smallest absolute Gasteiger partial charge is 0.417 e. The van der Waals surface area contributed by atoms with E-state index in [2.05, 4.69) is 5.32 Å². The van der Waals surface area contributed by atoms with Crippen LogP contribution in [0, 0.1) is 0 Å². The summed E-state index contributed by atoms with van der Waals surface area (Å²) in [5.74, 6) is -1.17. The van der Waals surface area contributed by atoms with Crippen molar-refractivity contribution in [2.75, 3.05) is 18.5 Å². The minimum Gasteiger partial charge on any atom is -0.492 e. The van der Waals surface area contributed by atoms with Crippen LogP contribution in [0.2, 0.25) is 0 Å². The number of carbonyl (C=O) groups excluding carboxylic acids is 2. The van der Waals surface area contributed by atoms with E-state index in [1.165, 1.54) is 18.2 Å². The van der Waals surface area contributed by atoms with Crippen LogP contribution in [0.3, 0.4) is 0 Å². The summed E-state index contributed by atoms with van der Waals surface area (Å²) in [6.45, 7) is 2.18. The lowest BCUT2D eigenvalue weighted by molar-refractivity contribution is -0.137. The Hall–Kier alpha value is -3.03. The predicted molar refractivity (Wildman–Crippen MR) is 91.0 cm³/mol. The summed E-state index contributed by atoms with van der Waals surface area (Å²) in [5, 5.41) is 2.44. The number of hydrogen-bond donors (Lipinski definition) is 1. The minimum atomic E-state index is -4.66. The van der Waals surface area contributed by atoms with E-state index in [9.17, 15) is 22.8 Å². The molecule has 0 fully saturated rings. The van der Waals surface area contributed by atoms with Gasteiger partial charge in [-0.05, 0) is 31.2 Å². The number of fused-ring (bicyclic) bond motifs is 1. The van der Waals surface area contributed by atoms with Crippen LogP contribution in [-0.4, -0.2) is 25.1 Å². The van der Waals surface area contributed by atoms with Gasteiger partial charge in [-0.1, -0.05) is 12.1 Å². The van der Waals surface area contributed by atoms with Crippen molar-refractivity contribution in [1.82, 2.24) is 0 Å². The van der Waals surface area contributed by atoms with Gasteiger partial charge in [0.05, 0.1) is 24.3 Å². The van der Waals surface area contributed by atoms with Crippen LogP contribution >= 0.6 is 0 Å². The zero-order valence-electron chi connectivity index (χ0n) is 14.4. The molecular formula is C19H16F3NO4. The van der Waals surface area contributed by atoms with Crippen molar-refractivity contribution in [2.24, 2.45) is 0 Å². The summed E-state index contributed by atoms with van der Waals surface area (Å²) in [5.41, 5.74) is -0.521. The first-order chi connectivity index (χ1) is 12.8. The number of carbonyl (C=O) groups is 2. The fourth-order valence-corrected chi connectivity index (χ4v) is 2.87. The number of nitrogens with one attached hydrogen (secondary N) is 1. The molecule has 1 aliphatic rings. The summed E-state index contributed by atoms with van der Waals surface area (Å²) < 4.78 is 49.8. The van der Waals surface area contributed by atoms with E-state index in [0.717, 1.165) is 12.1 Å². The van der Waals surface area contributed by atoms with E-state index in [1.54, 1.807) is 13.0 Å². The molecule has 0 radical (unpaired) electrons. The predicted octanol–water partition coefficient (Wildman–Crippen LogP) is 4.07. The van der Waals surface area contributed by atoms with E-state index in [0.29, 0.717) is 24.3 Å². The molecule has 0 unspecified atom stereocenters. The van der Waals surface area contributed by atoms with Gasteiger partial charge < -0.3 is 14.8 Å². The second-order valence-electron chi connectivity index (χ2n) is 5.83. The Kier molecular flexibility index (Phi) is 5.07. The normalized spacial score (nSPS) is 12.9. The van der Waals surface area contributed by atoms with Crippen molar-refractivity contribution in [3.63, 3.8) is 0 Å². The van der Waals surface area contributed by atoms with Crippen molar-refractivity contribution in [2.45, 2.75) is 19.5 Å². The molecule has 0 aromatic heterocycles. The van der Waals surface area contributed by atoms with Gasteiger partial charge in [0.1, 0.15) is 11.3 Å². The molecule has 0 bridgehead atoms. The first-order valence-corrected chi connectivity index (χ1v) is 8.25. The van der Waals surface area contributed by atoms with Crippen molar-refractivity contribution >= 4 is 17.6 Å². The summed E-state index contributed by atoms with van der Waals surface area (Å²) >= 11 is 0. The maximum atomic E-state index is 13.1. The first kappa shape index (κ1) is 18.8. The van der Waals surface area contributed by atoms with Crippen LogP contribution in [-0.2, 0) is 17.3 Å². The largest absolute Gasteiger partial charge is 0.492 e. The molecule has 27 heavy (non-hydrogen) atoms. The molecule has 1 amide bonds. The van der Waals surface area contributed by atoms with Gasteiger partial charge in [-0.3, -0.25) is 4.79 Å². The molecule has 5 nitrogen and oxygen atoms in total. The third-order valence-electron chi connectivity index (χ3n) is 4.01. The topological polar surface area (TPSA) is 64.6 Å². The number of benzene rings is 2. The molecule has 3 rings (SSSR count). The van der Waals surface area contributed by atoms with Gasteiger partial charge in [-0.15, -0.1) is 0 Å². The highest BCUT2D eigenvalue weighted by Crippen LogP contribution is 2.35. The maximum absolute atomic E-state index is 13.1. The van der Waals surface area contributed by atoms with Gasteiger partial charge in [0.25, 0.3) is 5.91 Å². The highest BCUT2D eigenvalue weighted by Gasteiger charge is 2.35. The number of ether oxygens (including phenoxy) is 2. The van der Waals surface area contributed by atoms with E-state index in [-0.39, 0.29) is 17.9 Å². The Morgan fingerprint density at radius 3 is 2.63 bits per heavy atom. The summed E-state index contributed by atoms with van der Waals surface area (Å²) in [6, 6.07) is 7.43.